The van der Waals surface area contributed by atoms with E-state index in [0.29, 0.717) is 5.56 Å². The topological polar surface area (TPSA) is 401 Å². The molecule has 12 N–H and O–H groups in total. The standard InChI is InChI=1S/C52H55NO25/c1-70-29-13-21(9-12-26(29)56)51(69)73-19-34-39(60)43(64)46(67)52(77-34)78-48-44(65)40(61)33(75-47(48)37-30(71-2)16-31-36(41(37)62)27(57)15-28(74-31)20-7-10-22(55)11-8-20)18-72-35(58)14-24-23-5-3-4-6-25(23)53(49(24)68)50-45(66)42(63)38(59)32(17-54)76-50/h3-13,15-16,24,32-34,38-40,42-48,50,52,54-56,59-67H,14,17-19H2,1-2H3/t24?,32-,33-,34-,38-,39-,40-,42+,43+,44+,45-,46-,47+,48-,50-,52+/m1/s1. The third-order valence-electron chi connectivity index (χ3n) is 14.1. The first-order valence-electron chi connectivity index (χ1n) is 24.2. The minimum atomic E-state index is -2.18. The van der Waals surface area contributed by atoms with Gasteiger partial charge in [-0.15, -0.1) is 0 Å². The van der Waals surface area contributed by atoms with Crippen molar-refractivity contribution in [3.8, 4) is 40.1 Å². The first-order chi connectivity index (χ1) is 37.3. The fourth-order valence-corrected chi connectivity index (χ4v) is 9.91. The molecule has 26 nitrogen and oxygen atoms in total. The number of aromatic hydroxyl groups is 3. The Kier molecular flexibility index (Phi) is 16.3. The van der Waals surface area contributed by atoms with E-state index >= 15 is 0 Å². The van der Waals surface area contributed by atoms with Gasteiger partial charge in [0.2, 0.25) is 5.91 Å². The summed E-state index contributed by atoms with van der Waals surface area (Å²) in [5.41, 5.74) is -0.812. The molecule has 78 heavy (non-hydrogen) atoms. The smallest absolute Gasteiger partial charge is 0.338 e. The van der Waals surface area contributed by atoms with Gasteiger partial charge in [0.15, 0.2) is 29.4 Å². The number of phenols is 3. The van der Waals surface area contributed by atoms with Gasteiger partial charge in [-0.2, -0.15) is 0 Å². The Hall–Kier alpha value is -7.02. The fraction of sp³-hybridized carbons (Fsp3) is 0.423. The van der Waals surface area contributed by atoms with E-state index in [1.807, 2.05) is 0 Å². The van der Waals surface area contributed by atoms with Gasteiger partial charge in [0.05, 0.1) is 50.0 Å². The predicted molar refractivity (Wildman–Crippen MR) is 260 cm³/mol. The van der Waals surface area contributed by atoms with Crippen LogP contribution in [-0.2, 0) is 38.0 Å². The Balaban J connectivity index is 1.000. The number of nitrogens with zero attached hydrogens (tertiary/aromatic N) is 1. The molecule has 1 amide bonds. The summed E-state index contributed by atoms with van der Waals surface area (Å²) in [6.07, 6.45) is -29.0. The lowest BCUT2D eigenvalue weighted by molar-refractivity contribution is -0.342. The quantitative estimate of drug-likeness (QED) is 0.0540. The van der Waals surface area contributed by atoms with Crippen molar-refractivity contribution in [1.82, 2.24) is 0 Å². The van der Waals surface area contributed by atoms with Crippen molar-refractivity contribution in [2.24, 2.45) is 0 Å². The van der Waals surface area contributed by atoms with Crippen LogP contribution < -0.4 is 19.8 Å². The number of rotatable bonds is 15. The monoisotopic (exact) mass is 1090 g/mol. The zero-order valence-electron chi connectivity index (χ0n) is 41.2. The zero-order chi connectivity index (χ0) is 56.0. The van der Waals surface area contributed by atoms with Crippen molar-refractivity contribution < 1.29 is 118 Å². The number of para-hydroxylation sites is 1. The normalized spacial score (nSPS) is 30.9. The number of aliphatic hydroxyl groups is 9. The number of carbonyl (C=O) groups is 3. The van der Waals surface area contributed by atoms with Gasteiger partial charge in [0, 0.05) is 17.7 Å². The van der Waals surface area contributed by atoms with Crippen LogP contribution in [0.25, 0.3) is 22.3 Å². The van der Waals surface area contributed by atoms with Gasteiger partial charge >= 0.3 is 11.9 Å². The second-order valence-corrected chi connectivity index (χ2v) is 18.8. The summed E-state index contributed by atoms with van der Waals surface area (Å²) in [6, 6.07) is 17.5. The van der Waals surface area contributed by atoms with E-state index < -0.39 is 164 Å². The van der Waals surface area contributed by atoms with E-state index in [4.69, 9.17) is 42.3 Å². The van der Waals surface area contributed by atoms with Crippen molar-refractivity contribution in [3.63, 3.8) is 0 Å². The summed E-state index contributed by atoms with van der Waals surface area (Å²) in [5, 5.41) is 130. The molecule has 1 unspecified atom stereocenters. The van der Waals surface area contributed by atoms with E-state index in [2.05, 4.69) is 0 Å². The number of amides is 1. The van der Waals surface area contributed by atoms with E-state index in [0.717, 1.165) is 24.1 Å². The molecule has 16 atom stereocenters. The van der Waals surface area contributed by atoms with Crippen molar-refractivity contribution >= 4 is 34.5 Å². The highest BCUT2D eigenvalue weighted by Gasteiger charge is 2.54. The molecular weight excluding hydrogens is 1040 g/mol. The maximum Gasteiger partial charge on any atom is 0.338 e. The number of hydrogen-bond acceptors (Lipinski definition) is 25. The highest BCUT2D eigenvalue weighted by atomic mass is 16.7. The molecule has 0 radical (unpaired) electrons. The number of phenolic OH excluding ortho intramolecular Hbond substituents is 3. The molecule has 0 saturated carbocycles. The Morgan fingerprint density at radius 3 is 2.03 bits per heavy atom. The first-order valence-corrected chi connectivity index (χ1v) is 24.2. The molecule has 0 bridgehead atoms. The van der Waals surface area contributed by atoms with Crippen molar-refractivity contribution in [2.75, 3.05) is 38.9 Å². The average molecular weight is 1090 g/mol. The molecular formula is C52H55NO25. The van der Waals surface area contributed by atoms with Crippen LogP contribution in [0.4, 0.5) is 5.69 Å². The van der Waals surface area contributed by atoms with Gasteiger partial charge < -0.3 is 104 Å². The number of carbonyl (C=O) groups excluding carboxylic acids is 3. The van der Waals surface area contributed by atoms with Crippen LogP contribution in [0.1, 0.15) is 39.9 Å². The lowest BCUT2D eigenvalue weighted by Crippen LogP contribution is -2.64. The molecule has 0 spiro atoms. The van der Waals surface area contributed by atoms with Gasteiger partial charge in [-0.25, -0.2) is 4.79 Å². The minimum Gasteiger partial charge on any atom is -0.508 e. The molecule has 4 aromatic carbocycles. The maximum absolute atomic E-state index is 14.1. The van der Waals surface area contributed by atoms with Crippen LogP contribution in [0.5, 0.6) is 28.7 Å². The summed E-state index contributed by atoms with van der Waals surface area (Å²) in [4.78, 5) is 55.8. The van der Waals surface area contributed by atoms with Gasteiger partial charge in [-0.05, 0) is 54.1 Å². The third-order valence-corrected chi connectivity index (χ3v) is 14.1. The number of esters is 2. The van der Waals surface area contributed by atoms with Gasteiger partial charge in [-0.3, -0.25) is 19.3 Å². The number of hydrogen-bond donors (Lipinski definition) is 12. The predicted octanol–water partition coefficient (Wildman–Crippen LogP) is -1.33. The highest BCUT2D eigenvalue weighted by Crippen LogP contribution is 2.48. The van der Waals surface area contributed by atoms with Crippen LogP contribution in [0.2, 0.25) is 0 Å². The van der Waals surface area contributed by atoms with E-state index in [1.54, 1.807) is 12.1 Å². The second-order valence-electron chi connectivity index (χ2n) is 18.8. The van der Waals surface area contributed by atoms with Crippen LogP contribution in [0.3, 0.4) is 0 Å². The molecule has 5 aromatic rings. The highest BCUT2D eigenvalue weighted by molar-refractivity contribution is 6.07. The van der Waals surface area contributed by atoms with Crippen LogP contribution >= 0.6 is 0 Å². The summed E-state index contributed by atoms with van der Waals surface area (Å²) in [6.45, 7) is -2.46. The Morgan fingerprint density at radius 2 is 1.32 bits per heavy atom. The van der Waals surface area contributed by atoms with Gasteiger partial charge in [0.25, 0.3) is 0 Å². The van der Waals surface area contributed by atoms with Crippen molar-refractivity contribution in [1.29, 1.82) is 0 Å². The average Bonchev–Trinajstić information content (AvgIpc) is 3.92. The van der Waals surface area contributed by atoms with Crippen molar-refractivity contribution in [2.45, 2.75) is 104 Å². The third kappa shape index (κ3) is 10.4. The Labute approximate surface area is 440 Å². The minimum absolute atomic E-state index is 0.00819. The molecule has 4 aliphatic rings. The lowest BCUT2D eigenvalue weighted by Gasteiger charge is -2.46. The SMILES string of the molecule is COc1cc(C(=O)OC[C@H]2O[C@@H](O[C@@H]3[C@@H](O)[C@H](O)[C@@H](COC(=O)CC4C(=O)N([C@@H]5O[C@H](CO)[C@@H](O)[C@H](O)[C@H]5O)c5ccccc54)O[C@H]3c3c(OC)cc4oc(-c5ccc(O)cc5)cc(=O)c4c3O)[C@H](O)[C@@H](O)[C@@H]2O)ccc1O. The van der Waals surface area contributed by atoms with Crippen LogP contribution in [0, 0.1) is 0 Å². The summed E-state index contributed by atoms with van der Waals surface area (Å²) in [5.74, 6) is -5.75. The number of methoxy groups -OCH3 is 2. The van der Waals surface area contributed by atoms with Gasteiger partial charge in [-0.1, -0.05) is 18.2 Å². The molecule has 4 aliphatic heterocycles. The summed E-state index contributed by atoms with van der Waals surface area (Å²) >= 11 is 0. The fourth-order valence-electron chi connectivity index (χ4n) is 9.91. The molecule has 3 fully saturated rings. The molecule has 0 aliphatic carbocycles. The molecule has 418 valence electrons. The number of fused-ring (bicyclic) bond motifs is 2. The summed E-state index contributed by atoms with van der Waals surface area (Å²) in [7, 11) is 2.40. The number of ether oxygens (including phenoxy) is 8. The second kappa shape index (κ2) is 22.8. The molecule has 26 heteroatoms. The maximum atomic E-state index is 14.1. The number of anilines is 1. The largest absolute Gasteiger partial charge is 0.508 e. The van der Waals surface area contributed by atoms with Crippen LogP contribution in [-0.4, -0.2) is 199 Å². The first kappa shape index (κ1) is 55.7. The summed E-state index contributed by atoms with van der Waals surface area (Å²) < 4.78 is 51.4. The van der Waals surface area contributed by atoms with E-state index in [-0.39, 0.29) is 51.2 Å². The van der Waals surface area contributed by atoms with E-state index in [9.17, 15) is 80.5 Å². The Bertz CT molecular complexity index is 3080. The van der Waals surface area contributed by atoms with Gasteiger partial charge in [0.1, 0.15) is 127 Å². The Morgan fingerprint density at radius 1 is 0.667 bits per heavy atom. The molecule has 5 heterocycles. The number of aliphatic hydroxyl groups excluding tert-OH is 9. The van der Waals surface area contributed by atoms with E-state index in [1.165, 1.54) is 61.7 Å². The molecule has 1 aromatic heterocycles. The number of benzene rings is 4. The van der Waals surface area contributed by atoms with Crippen molar-refractivity contribution in [3.05, 3.63) is 106 Å². The molecule has 3 saturated heterocycles. The lowest BCUT2D eigenvalue weighted by atomic mass is 9.89. The zero-order valence-corrected chi connectivity index (χ0v) is 41.2. The molecule has 9 rings (SSSR count). The van der Waals surface area contributed by atoms with Crippen LogP contribution in [0.15, 0.2) is 88.1 Å².